The van der Waals surface area contributed by atoms with E-state index in [1.54, 1.807) is 13.8 Å². The van der Waals surface area contributed by atoms with Gasteiger partial charge in [0.05, 0.1) is 7.11 Å². The third kappa shape index (κ3) is 1.41. The molecule has 0 heterocycles. The van der Waals surface area contributed by atoms with Gasteiger partial charge in [-0.2, -0.15) is 0 Å². The van der Waals surface area contributed by atoms with E-state index < -0.39 is 17.3 Å². The quantitative estimate of drug-likeness (QED) is 0.400. The molecule has 2 aliphatic rings. The van der Waals surface area contributed by atoms with E-state index >= 15 is 0 Å². The first kappa shape index (κ1) is 12.7. The SMILES string of the molecule is COC(=O)[C@]12C(=O)C=C(C)C(=O)[C@H]1CC=C[C@H]2C. The highest BCUT2D eigenvalue weighted by molar-refractivity contribution is 6.20. The lowest BCUT2D eigenvalue weighted by atomic mass is 9.56. The maximum atomic E-state index is 12.4. The third-order valence-corrected chi connectivity index (χ3v) is 4.05. The summed E-state index contributed by atoms with van der Waals surface area (Å²) in [6, 6.07) is 0. The molecule has 0 amide bonds. The maximum absolute atomic E-state index is 12.4. The van der Waals surface area contributed by atoms with E-state index in [1.807, 2.05) is 12.2 Å². The Balaban J connectivity index is 2.66. The zero-order chi connectivity index (χ0) is 13.5. The van der Waals surface area contributed by atoms with Crippen molar-refractivity contribution in [3.05, 3.63) is 23.8 Å². The molecular formula is C14H16O4. The van der Waals surface area contributed by atoms with Crippen LogP contribution in [0.3, 0.4) is 0 Å². The van der Waals surface area contributed by atoms with Crippen molar-refractivity contribution in [1.29, 1.82) is 0 Å². The summed E-state index contributed by atoms with van der Waals surface area (Å²) in [4.78, 5) is 36.7. The summed E-state index contributed by atoms with van der Waals surface area (Å²) >= 11 is 0. The zero-order valence-electron chi connectivity index (χ0n) is 10.7. The second-order valence-corrected chi connectivity index (χ2v) is 4.92. The third-order valence-electron chi connectivity index (χ3n) is 4.05. The topological polar surface area (TPSA) is 60.4 Å². The van der Waals surface area contributed by atoms with Crippen molar-refractivity contribution in [3.63, 3.8) is 0 Å². The number of rotatable bonds is 1. The number of fused-ring (bicyclic) bond motifs is 1. The Morgan fingerprint density at radius 2 is 2.11 bits per heavy atom. The lowest BCUT2D eigenvalue weighted by molar-refractivity contribution is -0.167. The Morgan fingerprint density at radius 3 is 2.72 bits per heavy atom. The van der Waals surface area contributed by atoms with Crippen LogP contribution in [0.25, 0.3) is 0 Å². The van der Waals surface area contributed by atoms with Gasteiger partial charge in [-0.05, 0) is 30.9 Å². The average Bonchev–Trinajstić information content (AvgIpc) is 2.35. The van der Waals surface area contributed by atoms with E-state index in [2.05, 4.69) is 0 Å². The van der Waals surface area contributed by atoms with E-state index in [0.29, 0.717) is 12.0 Å². The number of Topliss-reactive ketones (excluding diaryl/α,β-unsaturated/α-hetero) is 1. The average molecular weight is 248 g/mol. The monoisotopic (exact) mass is 248 g/mol. The molecule has 0 aromatic heterocycles. The van der Waals surface area contributed by atoms with Gasteiger partial charge in [0.1, 0.15) is 5.41 Å². The first-order valence-electron chi connectivity index (χ1n) is 5.98. The van der Waals surface area contributed by atoms with Crippen molar-refractivity contribution in [1.82, 2.24) is 0 Å². The Hall–Kier alpha value is -1.71. The lowest BCUT2D eigenvalue weighted by Crippen LogP contribution is -2.56. The fourth-order valence-electron chi connectivity index (χ4n) is 3.04. The fourth-order valence-corrected chi connectivity index (χ4v) is 3.04. The number of hydrogen-bond donors (Lipinski definition) is 0. The number of allylic oxidation sites excluding steroid dienone is 4. The summed E-state index contributed by atoms with van der Waals surface area (Å²) in [5.41, 5.74) is -0.938. The van der Waals surface area contributed by atoms with Gasteiger partial charge < -0.3 is 4.74 Å². The summed E-state index contributed by atoms with van der Waals surface area (Å²) in [6.45, 7) is 3.39. The van der Waals surface area contributed by atoms with Crippen LogP contribution in [0.4, 0.5) is 0 Å². The van der Waals surface area contributed by atoms with Crippen LogP contribution in [0.2, 0.25) is 0 Å². The number of hydrogen-bond acceptors (Lipinski definition) is 4. The first-order valence-corrected chi connectivity index (χ1v) is 5.98. The van der Waals surface area contributed by atoms with Crippen LogP contribution in [-0.2, 0) is 19.1 Å². The molecule has 4 nitrogen and oxygen atoms in total. The molecule has 2 aliphatic carbocycles. The van der Waals surface area contributed by atoms with Gasteiger partial charge in [-0.3, -0.25) is 14.4 Å². The number of methoxy groups -OCH3 is 1. The number of ketones is 2. The van der Waals surface area contributed by atoms with Gasteiger partial charge in [-0.25, -0.2) is 0 Å². The largest absolute Gasteiger partial charge is 0.468 e. The first-order chi connectivity index (χ1) is 8.46. The molecule has 0 fully saturated rings. The van der Waals surface area contributed by atoms with Crippen molar-refractivity contribution in [2.45, 2.75) is 20.3 Å². The van der Waals surface area contributed by atoms with Gasteiger partial charge >= 0.3 is 5.97 Å². The molecule has 0 saturated heterocycles. The Kier molecular flexibility index (Phi) is 2.97. The minimum absolute atomic E-state index is 0.129. The molecule has 0 bridgehead atoms. The molecule has 96 valence electrons. The van der Waals surface area contributed by atoms with Gasteiger partial charge in [0.25, 0.3) is 0 Å². The molecule has 0 aromatic rings. The maximum Gasteiger partial charge on any atom is 0.321 e. The van der Waals surface area contributed by atoms with Crippen molar-refractivity contribution in [3.8, 4) is 0 Å². The summed E-state index contributed by atoms with van der Waals surface area (Å²) in [7, 11) is 1.25. The highest BCUT2D eigenvalue weighted by Gasteiger charge is 2.60. The highest BCUT2D eigenvalue weighted by Crippen LogP contribution is 2.48. The molecule has 0 aliphatic heterocycles. The summed E-state index contributed by atoms with van der Waals surface area (Å²) < 4.78 is 4.80. The predicted octanol–water partition coefficient (Wildman–Crippen LogP) is 1.46. The minimum atomic E-state index is -1.36. The molecule has 0 N–H and O–H groups in total. The van der Waals surface area contributed by atoms with Crippen LogP contribution in [-0.4, -0.2) is 24.6 Å². The molecule has 0 unspecified atom stereocenters. The molecular weight excluding hydrogens is 232 g/mol. The van der Waals surface area contributed by atoms with E-state index in [-0.39, 0.29) is 17.5 Å². The van der Waals surface area contributed by atoms with Gasteiger partial charge in [0, 0.05) is 5.92 Å². The second-order valence-electron chi connectivity index (χ2n) is 4.92. The van der Waals surface area contributed by atoms with Gasteiger partial charge in [0.15, 0.2) is 11.6 Å². The van der Waals surface area contributed by atoms with Crippen molar-refractivity contribution in [2.75, 3.05) is 7.11 Å². The van der Waals surface area contributed by atoms with E-state index in [4.69, 9.17) is 4.74 Å². The summed E-state index contributed by atoms with van der Waals surface area (Å²) in [6.07, 6.45) is 5.37. The summed E-state index contributed by atoms with van der Waals surface area (Å²) in [5.74, 6) is -2.00. The van der Waals surface area contributed by atoms with Crippen LogP contribution in [0.15, 0.2) is 23.8 Å². The lowest BCUT2D eigenvalue weighted by Gasteiger charge is -2.43. The molecule has 0 spiro atoms. The van der Waals surface area contributed by atoms with Gasteiger partial charge in [-0.1, -0.05) is 19.1 Å². The Bertz CT molecular complexity index is 486. The standard InChI is InChI=1S/C14H16O4/c1-8-7-11(15)14(13(17)18-3)9(2)5-4-6-10(14)12(8)16/h4-5,7,9-10H,6H2,1-3H3/t9-,10-,14+/m1/s1. The number of carbonyl (C=O) groups excluding carboxylic acids is 3. The Morgan fingerprint density at radius 1 is 1.44 bits per heavy atom. The van der Waals surface area contributed by atoms with E-state index in [9.17, 15) is 14.4 Å². The van der Waals surface area contributed by atoms with Crippen LogP contribution in [0.1, 0.15) is 20.3 Å². The van der Waals surface area contributed by atoms with Crippen LogP contribution < -0.4 is 0 Å². The second kappa shape index (κ2) is 4.19. The molecule has 0 aromatic carbocycles. The van der Waals surface area contributed by atoms with E-state index in [0.717, 1.165) is 0 Å². The smallest absolute Gasteiger partial charge is 0.321 e. The van der Waals surface area contributed by atoms with Gasteiger partial charge in [0.2, 0.25) is 0 Å². The molecule has 2 rings (SSSR count). The van der Waals surface area contributed by atoms with Crippen molar-refractivity contribution in [2.24, 2.45) is 17.3 Å². The Labute approximate surface area is 106 Å². The van der Waals surface area contributed by atoms with Crippen molar-refractivity contribution < 1.29 is 19.1 Å². The predicted molar refractivity (Wildman–Crippen MR) is 64.6 cm³/mol. The highest BCUT2D eigenvalue weighted by atomic mass is 16.5. The summed E-state index contributed by atoms with van der Waals surface area (Å²) in [5, 5.41) is 0. The zero-order valence-corrected chi connectivity index (χ0v) is 10.7. The van der Waals surface area contributed by atoms with Crippen LogP contribution in [0.5, 0.6) is 0 Å². The number of esters is 1. The fraction of sp³-hybridized carbons (Fsp3) is 0.500. The van der Waals surface area contributed by atoms with E-state index in [1.165, 1.54) is 13.2 Å². The number of carbonyl (C=O) groups is 3. The molecule has 0 saturated carbocycles. The van der Waals surface area contributed by atoms with Crippen molar-refractivity contribution >= 4 is 17.5 Å². The normalized spacial score (nSPS) is 34.9. The van der Waals surface area contributed by atoms with Crippen LogP contribution in [0, 0.1) is 17.3 Å². The van der Waals surface area contributed by atoms with Gasteiger partial charge in [-0.15, -0.1) is 0 Å². The molecule has 4 heteroatoms. The van der Waals surface area contributed by atoms with Crippen LogP contribution >= 0.6 is 0 Å². The number of ether oxygens (including phenoxy) is 1. The molecule has 0 radical (unpaired) electrons. The molecule has 18 heavy (non-hydrogen) atoms. The molecule has 3 atom stereocenters. The minimum Gasteiger partial charge on any atom is -0.468 e.